The summed E-state index contributed by atoms with van der Waals surface area (Å²) in [5, 5.41) is 2.99. The minimum Gasteiger partial charge on any atom is -0.497 e. The normalized spacial score (nSPS) is 17.9. The van der Waals surface area contributed by atoms with E-state index in [1.165, 1.54) is 0 Å². The Morgan fingerprint density at radius 3 is 2.83 bits per heavy atom. The summed E-state index contributed by atoms with van der Waals surface area (Å²) in [6.07, 6.45) is 3.71. The Morgan fingerprint density at radius 1 is 1.30 bits per heavy atom. The molecule has 23 heavy (non-hydrogen) atoms. The fourth-order valence-corrected chi connectivity index (χ4v) is 2.91. The van der Waals surface area contributed by atoms with Crippen molar-refractivity contribution >= 4 is 11.6 Å². The molecule has 1 atom stereocenters. The maximum absolute atomic E-state index is 12.6. The number of methoxy groups -OCH3 is 1. The first-order chi connectivity index (χ1) is 11.3. The number of carbonyl (C=O) groups excluding carboxylic acids is 1. The van der Waals surface area contributed by atoms with Crippen LogP contribution in [0.25, 0.3) is 0 Å². The molecule has 0 spiro atoms. The van der Waals surface area contributed by atoms with Crippen molar-refractivity contribution in [1.29, 1.82) is 0 Å². The molecule has 1 amide bonds. The zero-order valence-electron chi connectivity index (χ0n) is 13.2. The number of aromatic nitrogens is 1. The highest BCUT2D eigenvalue weighted by molar-refractivity contribution is 5.95. The minimum atomic E-state index is -0.0980. The van der Waals surface area contributed by atoms with E-state index in [4.69, 9.17) is 4.74 Å². The molecular weight excluding hydrogens is 290 g/mol. The first-order valence-electron chi connectivity index (χ1n) is 7.85. The molecule has 1 fully saturated rings. The van der Waals surface area contributed by atoms with Crippen LogP contribution >= 0.6 is 0 Å². The molecule has 1 aromatic carbocycles. The SMILES string of the molecule is COc1ccc(NC(=O)C2CCCN2Cc2ccccn2)cc1. The molecule has 1 aliphatic heterocycles. The van der Waals surface area contributed by atoms with Gasteiger partial charge in [-0.05, 0) is 55.8 Å². The zero-order chi connectivity index (χ0) is 16.1. The van der Waals surface area contributed by atoms with Crippen molar-refractivity contribution in [3.05, 3.63) is 54.4 Å². The number of likely N-dealkylation sites (tertiary alicyclic amines) is 1. The number of anilines is 1. The Balaban J connectivity index is 1.63. The molecule has 5 nitrogen and oxygen atoms in total. The van der Waals surface area contributed by atoms with E-state index < -0.39 is 0 Å². The standard InChI is InChI=1S/C18H21N3O2/c1-23-16-9-7-14(8-10-16)20-18(22)17-6-4-12-21(17)13-15-5-2-3-11-19-15/h2-3,5,7-11,17H,4,6,12-13H2,1H3,(H,20,22). The maximum Gasteiger partial charge on any atom is 0.241 e. The summed E-state index contributed by atoms with van der Waals surface area (Å²) in [7, 11) is 1.63. The van der Waals surface area contributed by atoms with Gasteiger partial charge in [0.25, 0.3) is 0 Å². The Hall–Kier alpha value is -2.40. The number of nitrogens with one attached hydrogen (secondary N) is 1. The van der Waals surface area contributed by atoms with E-state index >= 15 is 0 Å². The number of rotatable bonds is 5. The van der Waals surface area contributed by atoms with Gasteiger partial charge in [-0.1, -0.05) is 6.07 Å². The number of hydrogen-bond donors (Lipinski definition) is 1. The van der Waals surface area contributed by atoms with Gasteiger partial charge in [0.2, 0.25) is 5.91 Å². The van der Waals surface area contributed by atoms with Crippen molar-refractivity contribution in [2.75, 3.05) is 19.0 Å². The van der Waals surface area contributed by atoms with Crippen LogP contribution in [0.1, 0.15) is 18.5 Å². The topological polar surface area (TPSA) is 54.5 Å². The molecular formula is C18H21N3O2. The van der Waals surface area contributed by atoms with Crippen LogP contribution in [0.4, 0.5) is 5.69 Å². The second-order valence-corrected chi connectivity index (χ2v) is 5.67. The van der Waals surface area contributed by atoms with Crippen LogP contribution in [0.15, 0.2) is 48.7 Å². The summed E-state index contributed by atoms with van der Waals surface area (Å²) >= 11 is 0. The van der Waals surface area contributed by atoms with Gasteiger partial charge in [0.05, 0.1) is 18.8 Å². The van der Waals surface area contributed by atoms with Crippen LogP contribution in [0.2, 0.25) is 0 Å². The fraction of sp³-hybridized carbons (Fsp3) is 0.333. The van der Waals surface area contributed by atoms with Crippen LogP contribution in [0, 0.1) is 0 Å². The van der Waals surface area contributed by atoms with E-state index in [9.17, 15) is 4.79 Å². The van der Waals surface area contributed by atoms with Crippen LogP contribution in [0.3, 0.4) is 0 Å². The lowest BCUT2D eigenvalue weighted by molar-refractivity contribution is -0.120. The number of hydrogen-bond acceptors (Lipinski definition) is 4. The average molecular weight is 311 g/mol. The first kappa shape index (κ1) is 15.5. The molecule has 0 saturated carbocycles. The molecule has 1 aromatic heterocycles. The summed E-state index contributed by atoms with van der Waals surface area (Å²) in [6, 6.07) is 13.2. The van der Waals surface area contributed by atoms with Crippen LogP contribution in [0.5, 0.6) is 5.75 Å². The largest absolute Gasteiger partial charge is 0.497 e. The van der Waals surface area contributed by atoms with Crippen LogP contribution in [-0.2, 0) is 11.3 Å². The molecule has 2 heterocycles. The highest BCUT2D eigenvalue weighted by Gasteiger charge is 2.30. The lowest BCUT2D eigenvalue weighted by Gasteiger charge is -2.23. The van der Waals surface area contributed by atoms with Crippen molar-refractivity contribution in [3.8, 4) is 5.75 Å². The smallest absolute Gasteiger partial charge is 0.241 e. The Bertz CT molecular complexity index is 643. The van der Waals surface area contributed by atoms with Crippen molar-refractivity contribution in [3.63, 3.8) is 0 Å². The van der Waals surface area contributed by atoms with E-state index in [2.05, 4.69) is 15.2 Å². The van der Waals surface area contributed by atoms with Crippen LogP contribution in [-0.4, -0.2) is 35.5 Å². The van der Waals surface area contributed by atoms with Gasteiger partial charge < -0.3 is 10.1 Å². The van der Waals surface area contributed by atoms with Crippen molar-refractivity contribution in [1.82, 2.24) is 9.88 Å². The lowest BCUT2D eigenvalue weighted by atomic mass is 10.2. The Morgan fingerprint density at radius 2 is 2.13 bits per heavy atom. The molecule has 5 heteroatoms. The van der Waals surface area contributed by atoms with Gasteiger partial charge in [-0.25, -0.2) is 0 Å². The number of pyridine rings is 1. The van der Waals surface area contributed by atoms with Gasteiger partial charge in [-0.3, -0.25) is 14.7 Å². The predicted molar refractivity (Wildman–Crippen MR) is 89.3 cm³/mol. The van der Waals surface area contributed by atoms with E-state index in [-0.39, 0.29) is 11.9 Å². The number of nitrogens with zero attached hydrogens (tertiary/aromatic N) is 2. The average Bonchev–Trinajstić information content (AvgIpc) is 3.05. The minimum absolute atomic E-state index is 0.0450. The fourth-order valence-electron chi connectivity index (χ4n) is 2.91. The third-order valence-corrected chi connectivity index (χ3v) is 4.12. The van der Waals surface area contributed by atoms with Gasteiger partial charge in [0, 0.05) is 18.4 Å². The monoisotopic (exact) mass is 311 g/mol. The van der Waals surface area contributed by atoms with Gasteiger partial charge in [0.1, 0.15) is 5.75 Å². The molecule has 0 radical (unpaired) electrons. The Kier molecular flexibility index (Phi) is 4.88. The molecule has 1 saturated heterocycles. The quantitative estimate of drug-likeness (QED) is 0.922. The number of carbonyl (C=O) groups is 1. The molecule has 0 aliphatic carbocycles. The van der Waals surface area contributed by atoms with Crippen molar-refractivity contribution < 1.29 is 9.53 Å². The second-order valence-electron chi connectivity index (χ2n) is 5.67. The first-order valence-corrected chi connectivity index (χ1v) is 7.85. The molecule has 1 unspecified atom stereocenters. The second kappa shape index (κ2) is 7.24. The molecule has 0 bridgehead atoms. The maximum atomic E-state index is 12.6. The summed E-state index contributed by atoms with van der Waals surface area (Å²) < 4.78 is 5.13. The zero-order valence-corrected chi connectivity index (χ0v) is 13.2. The molecule has 120 valence electrons. The molecule has 3 rings (SSSR count). The molecule has 2 aromatic rings. The van der Waals surface area contributed by atoms with Gasteiger partial charge in [-0.15, -0.1) is 0 Å². The molecule has 1 N–H and O–H groups in total. The Labute approximate surface area is 136 Å². The van der Waals surface area contributed by atoms with Crippen LogP contribution < -0.4 is 10.1 Å². The van der Waals surface area contributed by atoms with E-state index in [1.54, 1.807) is 13.3 Å². The summed E-state index contributed by atoms with van der Waals surface area (Å²) in [5.74, 6) is 0.823. The number of benzene rings is 1. The van der Waals surface area contributed by atoms with Crippen molar-refractivity contribution in [2.45, 2.75) is 25.4 Å². The van der Waals surface area contributed by atoms with Gasteiger partial charge >= 0.3 is 0 Å². The summed E-state index contributed by atoms with van der Waals surface area (Å²) in [5.41, 5.74) is 1.79. The van der Waals surface area contributed by atoms with Gasteiger partial charge in [0.15, 0.2) is 0 Å². The summed E-state index contributed by atoms with van der Waals surface area (Å²) in [6.45, 7) is 1.64. The van der Waals surface area contributed by atoms with E-state index in [0.29, 0.717) is 6.54 Å². The summed E-state index contributed by atoms with van der Waals surface area (Å²) in [4.78, 5) is 19.1. The number of amides is 1. The van der Waals surface area contributed by atoms with Gasteiger partial charge in [-0.2, -0.15) is 0 Å². The predicted octanol–water partition coefficient (Wildman–Crippen LogP) is 2.69. The third-order valence-electron chi connectivity index (χ3n) is 4.12. The molecule has 1 aliphatic rings. The third kappa shape index (κ3) is 3.87. The van der Waals surface area contributed by atoms with E-state index in [1.807, 2.05) is 42.5 Å². The highest BCUT2D eigenvalue weighted by atomic mass is 16.5. The van der Waals surface area contributed by atoms with E-state index in [0.717, 1.165) is 36.5 Å². The van der Waals surface area contributed by atoms with Crippen molar-refractivity contribution in [2.24, 2.45) is 0 Å². The highest BCUT2D eigenvalue weighted by Crippen LogP contribution is 2.22. The number of ether oxygens (including phenoxy) is 1. The lowest BCUT2D eigenvalue weighted by Crippen LogP contribution is -2.39.